The van der Waals surface area contributed by atoms with Gasteiger partial charge in [0, 0.05) is 11.1 Å². The van der Waals surface area contributed by atoms with E-state index in [1.54, 1.807) is 12.1 Å². The Morgan fingerprint density at radius 3 is 1.44 bits per heavy atom. The van der Waals surface area contributed by atoms with Crippen LogP contribution in [0.5, 0.6) is 0 Å². The summed E-state index contributed by atoms with van der Waals surface area (Å²) < 4.78 is 26.9. The lowest BCUT2D eigenvalue weighted by Crippen LogP contribution is -1.94. The van der Waals surface area contributed by atoms with Crippen molar-refractivity contribution in [2.45, 2.75) is 0 Å². The van der Waals surface area contributed by atoms with Crippen LogP contribution < -0.4 is 0 Å². The number of hydrogen-bond donors (Lipinski definition) is 0. The minimum Gasteiger partial charge on any atom is -0.206 e. The molecule has 0 spiro atoms. The van der Waals surface area contributed by atoms with Crippen LogP contribution in [0.25, 0.3) is 11.1 Å². The van der Waals surface area contributed by atoms with Gasteiger partial charge in [0.15, 0.2) is 0 Å². The zero-order valence-corrected chi connectivity index (χ0v) is 9.11. The molecule has 0 aliphatic heterocycles. The smallest absolute Gasteiger partial charge is 0.141 e. The zero-order valence-electron chi connectivity index (χ0n) is 9.11. The predicted molar refractivity (Wildman–Crippen MR) is 61.2 cm³/mol. The minimum absolute atomic E-state index is 0.195. The molecule has 0 fully saturated rings. The molecule has 2 rings (SSSR count). The summed E-state index contributed by atoms with van der Waals surface area (Å²) in [6.07, 6.45) is 0. The van der Waals surface area contributed by atoms with Crippen molar-refractivity contribution in [3.63, 3.8) is 0 Å². The van der Waals surface area contributed by atoms with Gasteiger partial charge in [0.2, 0.25) is 0 Å². The van der Waals surface area contributed by atoms with Crippen LogP contribution in [0.1, 0.15) is 11.1 Å². The second kappa shape index (κ2) is 4.65. The van der Waals surface area contributed by atoms with Crippen LogP contribution in [-0.4, -0.2) is 0 Å². The van der Waals surface area contributed by atoms with Crippen LogP contribution in [0.3, 0.4) is 0 Å². The van der Waals surface area contributed by atoms with Crippen LogP contribution in [0.15, 0.2) is 36.4 Å². The second-order valence-corrected chi connectivity index (χ2v) is 3.55. The van der Waals surface area contributed by atoms with Gasteiger partial charge in [-0.15, -0.1) is 0 Å². The highest BCUT2D eigenvalue weighted by molar-refractivity contribution is 5.75. The van der Waals surface area contributed by atoms with Gasteiger partial charge in [0.1, 0.15) is 23.8 Å². The highest BCUT2D eigenvalue weighted by Gasteiger charge is 2.15. The lowest BCUT2D eigenvalue weighted by Gasteiger charge is -2.07. The van der Waals surface area contributed by atoms with Crippen molar-refractivity contribution in [2.24, 2.45) is 0 Å². The maximum atomic E-state index is 13.5. The van der Waals surface area contributed by atoms with E-state index >= 15 is 0 Å². The van der Waals surface area contributed by atoms with E-state index < -0.39 is 11.6 Å². The first kappa shape index (κ1) is 11.8. The lowest BCUT2D eigenvalue weighted by atomic mass is 9.96. The van der Waals surface area contributed by atoms with Gasteiger partial charge in [-0.2, -0.15) is 10.5 Å². The lowest BCUT2D eigenvalue weighted by molar-refractivity contribution is 0.622. The summed E-state index contributed by atoms with van der Waals surface area (Å²) in [5, 5.41) is 17.9. The maximum absolute atomic E-state index is 13.5. The van der Waals surface area contributed by atoms with E-state index in [1.807, 2.05) is 0 Å². The standard InChI is InChI=1S/C14H6F2N2/c15-13-5-1-3-9(11(13)7-17)10-4-2-6-14(16)12(10)8-18/h1-6H. The fourth-order valence-electron chi connectivity index (χ4n) is 1.72. The number of nitriles is 2. The molecule has 0 bridgehead atoms. The molecular formula is C14H6F2N2. The Kier molecular flexibility index (Phi) is 3.03. The normalized spacial score (nSPS) is 9.56. The molecule has 0 saturated carbocycles. The molecule has 0 aromatic heterocycles. The van der Waals surface area contributed by atoms with E-state index in [0.29, 0.717) is 0 Å². The number of hydrogen-bond acceptors (Lipinski definition) is 2. The second-order valence-electron chi connectivity index (χ2n) is 3.55. The third kappa shape index (κ3) is 1.81. The molecule has 0 N–H and O–H groups in total. The molecule has 2 aromatic carbocycles. The number of halogens is 2. The molecular weight excluding hydrogens is 234 g/mol. The average Bonchev–Trinajstić information content (AvgIpc) is 2.38. The van der Waals surface area contributed by atoms with Gasteiger partial charge in [-0.3, -0.25) is 0 Å². The van der Waals surface area contributed by atoms with Gasteiger partial charge in [-0.25, -0.2) is 8.78 Å². The van der Waals surface area contributed by atoms with Crippen molar-refractivity contribution < 1.29 is 8.78 Å². The van der Waals surface area contributed by atoms with Gasteiger partial charge in [0.25, 0.3) is 0 Å². The van der Waals surface area contributed by atoms with Gasteiger partial charge in [-0.1, -0.05) is 24.3 Å². The Bertz CT molecular complexity index is 632. The largest absolute Gasteiger partial charge is 0.206 e. The Morgan fingerprint density at radius 2 is 1.11 bits per heavy atom. The fraction of sp³-hybridized carbons (Fsp3) is 0. The predicted octanol–water partition coefficient (Wildman–Crippen LogP) is 3.38. The van der Waals surface area contributed by atoms with E-state index in [-0.39, 0.29) is 22.3 Å². The van der Waals surface area contributed by atoms with E-state index in [0.717, 1.165) is 12.1 Å². The molecule has 0 aliphatic rings. The highest BCUT2D eigenvalue weighted by atomic mass is 19.1. The van der Waals surface area contributed by atoms with E-state index in [1.165, 1.54) is 24.3 Å². The van der Waals surface area contributed by atoms with Crippen molar-refractivity contribution in [1.29, 1.82) is 10.5 Å². The number of rotatable bonds is 1. The first-order valence-corrected chi connectivity index (χ1v) is 5.06. The Hall–Kier alpha value is -2.72. The van der Waals surface area contributed by atoms with Crippen molar-refractivity contribution >= 4 is 0 Å². The molecule has 2 nitrogen and oxygen atoms in total. The summed E-state index contributed by atoms with van der Waals surface area (Å²) in [4.78, 5) is 0. The van der Waals surface area contributed by atoms with E-state index in [4.69, 9.17) is 10.5 Å². The van der Waals surface area contributed by atoms with Crippen molar-refractivity contribution in [2.75, 3.05) is 0 Å². The van der Waals surface area contributed by atoms with Gasteiger partial charge in [0.05, 0.1) is 11.1 Å². The summed E-state index contributed by atoms with van der Waals surface area (Å²) >= 11 is 0. The Balaban J connectivity index is 2.80. The van der Waals surface area contributed by atoms with Crippen molar-refractivity contribution in [3.05, 3.63) is 59.2 Å². The minimum atomic E-state index is -0.692. The van der Waals surface area contributed by atoms with Gasteiger partial charge < -0.3 is 0 Å². The van der Waals surface area contributed by atoms with Crippen molar-refractivity contribution in [1.82, 2.24) is 0 Å². The first-order chi connectivity index (χ1) is 8.69. The summed E-state index contributed by atoms with van der Waals surface area (Å²) in [6, 6.07) is 11.5. The van der Waals surface area contributed by atoms with Crippen LogP contribution in [0, 0.1) is 34.3 Å². The molecule has 0 heterocycles. The molecule has 0 unspecified atom stereocenters. The fourth-order valence-corrected chi connectivity index (χ4v) is 1.72. The highest BCUT2D eigenvalue weighted by Crippen LogP contribution is 2.29. The SMILES string of the molecule is N#Cc1c(F)cccc1-c1cccc(F)c1C#N. The summed E-state index contributed by atoms with van der Waals surface area (Å²) in [6.45, 7) is 0. The average molecular weight is 240 g/mol. The van der Waals surface area contributed by atoms with Crippen LogP contribution in [-0.2, 0) is 0 Å². The molecule has 0 radical (unpaired) electrons. The molecule has 0 aliphatic carbocycles. The van der Waals surface area contributed by atoms with Crippen LogP contribution in [0.4, 0.5) is 8.78 Å². The zero-order chi connectivity index (χ0) is 13.1. The molecule has 0 amide bonds. The van der Waals surface area contributed by atoms with Crippen LogP contribution >= 0.6 is 0 Å². The topological polar surface area (TPSA) is 47.6 Å². The summed E-state index contributed by atoms with van der Waals surface area (Å²) in [7, 11) is 0. The first-order valence-electron chi connectivity index (χ1n) is 5.06. The van der Waals surface area contributed by atoms with Crippen LogP contribution in [0.2, 0.25) is 0 Å². The maximum Gasteiger partial charge on any atom is 0.141 e. The van der Waals surface area contributed by atoms with E-state index in [9.17, 15) is 8.78 Å². The molecule has 4 heteroatoms. The van der Waals surface area contributed by atoms with Gasteiger partial charge in [-0.05, 0) is 12.1 Å². The van der Waals surface area contributed by atoms with Gasteiger partial charge >= 0.3 is 0 Å². The van der Waals surface area contributed by atoms with Crippen molar-refractivity contribution in [3.8, 4) is 23.3 Å². The third-order valence-corrected chi connectivity index (χ3v) is 2.54. The molecule has 0 saturated heterocycles. The molecule has 2 aromatic rings. The number of nitrogens with zero attached hydrogens (tertiary/aromatic N) is 2. The summed E-state index contributed by atoms with van der Waals surface area (Å²) in [5.74, 6) is -1.38. The van der Waals surface area contributed by atoms with E-state index in [2.05, 4.69) is 0 Å². The monoisotopic (exact) mass is 240 g/mol. The Morgan fingerprint density at radius 1 is 0.722 bits per heavy atom. The quantitative estimate of drug-likeness (QED) is 0.767. The molecule has 18 heavy (non-hydrogen) atoms. The molecule has 86 valence electrons. The summed E-state index contributed by atoms with van der Waals surface area (Å²) in [5.41, 5.74) is 0.0429. The Labute approximate surface area is 102 Å². The number of benzene rings is 2. The molecule has 0 atom stereocenters. The third-order valence-electron chi connectivity index (χ3n) is 2.54.